The normalized spacial score (nSPS) is 14.1. The Balaban J connectivity index is 1.64. The van der Waals surface area contributed by atoms with Crippen molar-refractivity contribution < 1.29 is 19.1 Å². The summed E-state index contributed by atoms with van der Waals surface area (Å²) in [5.74, 6) is 0.751. The molecular formula is C22H26N2O4. The van der Waals surface area contributed by atoms with Crippen molar-refractivity contribution in [2.75, 3.05) is 19.5 Å². The lowest BCUT2D eigenvalue weighted by molar-refractivity contribution is -0.134. The van der Waals surface area contributed by atoms with Crippen molar-refractivity contribution in [3.63, 3.8) is 0 Å². The molecule has 0 bridgehead atoms. The maximum atomic E-state index is 12.8. The topological polar surface area (TPSA) is 76.7 Å². The van der Waals surface area contributed by atoms with Crippen molar-refractivity contribution in [1.29, 1.82) is 0 Å². The van der Waals surface area contributed by atoms with Crippen LogP contribution in [0.25, 0.3) is 0 Å². The molecule has 0 radical (unpaired) electrons. The number of aryl methyl sites for hydroxylation is 1. The third-order valence-corrected chi connectivity index (χ3v) is 5.17. The number of hydrogen-bond donors (Lipinski definition) is 2. The van der Waals surface area contributed by atoms with Gasteiger partial charge in [-0.05, 0) is 48.6 Å². The maximum absolute atomic E-state index is 12.8. The fraction of sp³-hybridized carbons (Fsp3) is 0.364. The van der Waals surface area contributed by atoms with Gasteiger partial charge in [0.25, 0.3) is 0 Å². The molecule has 3 rings (SSSR count). The number of carbonyl (C=O) groups excluding carboxylic acids is 2. The molecule has 0 saturated heterocycles. The molecule has 2 aromatic rings. The van der Waals surface area contributed by atoms with Gasteiger partial charge in [0.05, 0.1) is 14.2 Å². The number of ether oxygens (including phenoxy) is 2. The van der Waals surface area contributed by atoms with Crippen molar-refractivity contribution in [2.24, 2.45) is 5.41 Å². The maximum Gasteiger partial charge on any atom is 0.240 e. The predicted molar refractivity (Wildman–Crippen MR) is 108 cm³/mol. The van der Waals surface area contributed by atoms with E-state index in [0.29, 0.717) is 30.9 Å². The fourth-order valence-electron chi connectivity index (χ4n) is 3.22. The molecule has 0 aliphatic heterocycles. The molecule has 0 aromatic heterocycles. The van der Waals surface area contributed by atoms with Gasteiger partial charge in [-0.15, -0.1) is 0 Å². The Morgan fingerprint density at radius 1 is 1.00 bits per heavy atom. The highest BCUT2D eigenvalue weighted by Crippen LogP contribution is 2.47. The van der Waals surface area contributed by atoms with E-state index in [1.807, 2.05) is 43.3 Å². The second-order valence-electron chi connectivity index (χ2n) is 6.92. The number of para-hydroxylation sites is 1. The van der Waals surface area contributed by atoms with Crippen LogP contribution in [0.5, 0.6) is 11.5 Å². The zero-order valence-electron chi connectivity index (χ0n) is 16.5. The third kappa shape index (κ3) is 3.96. The largest absolute Gasteiger partial charge is 0.493 e. The number of methoxy groups -OCH3 is 2. The summed E-state index contributed by atoms with van der Waals surface area (Å²) in [6.07, 6.45) is 1.94. The molecule has 0 unspecified atom stereocenters. The molecule has 2 N–H and O–H groups in total. The monoisotopic (exact) mass is 382 g/mol. The highest BCUT2D eigenvalue weighted by atomic mass is 16.5. The number of amides is 2. The molecular weight excluding hydrogens is 356 g/mol. The van der Waals surface area contributed by atoms with Gasteiger partial charge in [-0.3, -0.25) is 9.59 Å². The van der Waals surface area contributed by atoms with Crippen molar-refractivity contribution >= 4 is 17.5 Å². The first-order valence-electron chi connectivity index (χ1n) is 9.42. The first kappa shape index (κ1) is 19.7. The Kier molecular flexibility index (Phi) is 5.87. The Bertz CT molecular complexity index is 875. The van der Waals surface area contributed by atoms with Crippen LogP contribution in [0.15, 0.2) is 42.5 Å². The first-order valence-corrected chi connectivity index (χ1v) is 9.42. The van der Waals surface area contributed by atoms with E-state index in [1.165, 1.54) is 0 Å². The molecule has 2 amide bonds. The summed E-state index contributed by atoms with van der Waals surface area (Å²) in [6, 6.07) is 13.1. The number of rotatable bonds is 8. The molecule has 1 saturated carbocycles. The molecule has 0 spiro atoms. The zero-order valence-corrected chi connectivity index (χ0v) is 16.5. The van der Waals surface area contributed by atoms with Crippen molar-refractivity contribution in [3.05, 3.63) is 53.6 Å². The van der Waals surface area contributed by atoms with Crippen molar-refractivity contribution in [3.8, 4) is 11.5 Å². The van der Waals surface area contributed by atoms with Crippen LogP contribution in [0.3, 0.4) is 0 Å². The fourth-order valence-corrected chi connectivity index (χ4v) is 3.22. The third-order valence-electron chi connectivity index (χ3n) is 5.17. The van der Waals surface area contributed by atoms with Gasteiger partial charge in [0.2, 0.25) is 11.8 Å². The lowest BCUT2D eigenvalue weighted by Gasteiger charge is -2.17. The molecule has 1 aliphatic carbocycles. The lowest BCUT2D eigenvalue weighted by atomic mass is 10.0. The standard InChI is InChI=1S/C22H26N2O4/c1-4-16-7-5-6-8-17(16)24-21(26)22(11-12-22)20(25)23-14-15-9-10-18(27-2)19(13-15)28-3/h5-10,13H,4,11-12,14H2,1-3H3,(H,23,25)(H,24,26). The molecule has 2 aromatic carbocycles. The number of carbonyl (C=O) groups is 2. The van der Waals surface area contributed by atoms with Crippen LogP contribution in [0.1, 0.15) is 30.9 Å². The van der Waals surface area contributed by atoms with Crippen LogP contribution < -0.4 is 20.1 Å². The number of hydrogen-bond acceptors (Lipinski definition) is 4. The van der Waals surface area contributed by atoms with Crippen molar-refractivity contribution in [1.82, 2.24) is 5.32 Å². The summed E-state index contributed by atoms with van der Waals surface area (Å²) in [7, 11) is 3.14. The lowest BCUT2D eigenvalue weighted by Crippen LogP contribution is -2.39. The minimum atomic E-state index is -0.975. The highest BCUT2D eigenvalue weighted by Gasteiger charge is 2.56. The van der Waals surface area contributed by atoms with E-state index < -0.39 is 5.41 Å². The second kappa shape index (κ2) is 8.33. The molecule has 6 nitrogen and oxygen atoms in total. The van der Waals surface area contributed by atoms with Crippen LogP contribution in [-0.4, -0.2) is 26.0 Å². The van der Waals surface area contributed by atoms with Gasteiger partial charge in [0, 0.05) is 12.2 Å². The van der Waals surface area contributed by atoms with Crippen LogP contribution in [-0.2, 0) is 22.6 Å². The minimum Gasteiger partial charge on any atom is -0.493 e. The van der Waals surface area contributed by atoms with Gasteiger partial charge >= 0.3 is 0 Å². The van der Waals surface area contributed by atoms with E-state index in [9.17, 15) is 9.59 Å². The van der Waals surface area contributed by atoms with Crippen LogP contribution in [0.4, 0.5) is 5.69 Å². The quantitative estimate of drug-likeness (QED) is 0.687. The Hall–Kier alpha value is -3.02. The van der Waals surface area contributed by atoms with Crippen molar-refractivity contribution in [2.45, 2.75) is 32.7 Å². The molecule has 0 atom stereocenters. The Labute approximate surface area is 165 Å². The summed E-state index contributed by atoms with van der Waals surface area (Å²) in [5.41, 5.74) is 1.72. The highest BCUT2D eigenvalue weighted by molar-refractivity contribution is 6.13. The van der Waals surface area contributed by atoms with Crippen LogP contribution >= 0.6 is 0 Å². The predicted octanol–water partition coefficient (Wildman–Crippen LogP) is 3.30. The van der Waals surface area contributed by atoms with Gasteiger partial charge in [0.1, 0.15) is 5.41 Å². The van der Waals surface area contributed by atoms with E-state index in [0.717, 1.165) is 23.2 Å². The molecule has 6 heteroatoms. The summed E-state index contributed by atoms with van der Waals surface area (Å²) < 4.78 is 10.5. The minimum absolute atomic E-state index is 0.238. The van der Waals surface area contributed by atoms with Crippen LogP contribution in [0, 0.1) is 5.41 Å². The second-order valence-corrected chi connectivity index (χ2v) is 6.92. The van der Waals surface area contributed by atoms with Gasteiger partial charge in [0.15, 0.2) is 11.5 Å². The van der Waals surface area contributed by atoms with E-state index in [-0.39, 0.29) is 11.8 Å². The SMILES string of the molecule is CCc1ccccc1NC(=O)C1(C(=O)NCc2ccc(OC)c(OC)c2)CC1. The van der Waals surface area contributed by atoms with Gasteiger partial charge in [-0.25, -0.2) is 0 Å². The summed E-state index contributed by atoms with van der Waals surface area (Å²) in [6.45, 7) is 2.35. The van der Waals surface area contributed by atoms with Gasteiger partial charge < -0.3 is 20.1 Å². The number of anilines is 1. The van der Waals surface area contributed by atoms with Gasteiger partial charge in [-0.2, -0.15) is 0 Å². The summed E-state index contributed by atoms with van der Waals surface area (Å²) in [4.78, 5) is 25.5. The van der Waals surface area contributed by atoms with E-state index in [1.54, 1.807) is 20.3 Å². The van der Waals surface area contributed by atoms with Crippen LogP contribution in [0.2, 0.25) is 0 Å². The molecule has 1 fully saturated rings. The molecule has 28 heavy (non-hydrogen) atoms. The Morgan fingerprint density at radius 2 is 1.71 bits per heavy atom. The van der Waals surface area contributed by atoms with E-state index >= 15 is 0 Å². The molecule has 148 valence electrons. The summed E-state index contributed by atoms with van der Waals surface area (Å²) >= 11 is 0. The molecule has 0 heterocycles. The smallest absolute Gasteiger partial charge is 0.240 e. The average molecular weight is 382 g/mol. The summed E-state index contributed by atoms with van der Waals surface area (Å²) in [5, 5.41) is 5.83. The van der Waals surface area contributed by atoms with E-state index in [4.69, 9.17) is 9.47 Å². The first-order chi connectivity index (χ1) is 13.5. The van der Waals surface area contributed by atoms with Gasteiger partial charge in [-0.1, -0.05) is 31.2 Å². The average Bonchev–Trinajstić information content (AvgIpc) is 3.54. The molecule has 1 aliphatic rings. The zero-order chi connectivity index (χ0) is 20.1. The van der Waals surface area contributed by atoms with E-state index in [2.05, 4.69) is 10.6 Å². The number of benzene rings is 2. The Morgan fingerprint density at radius 3 is 2.36 bits per heavy atom. The number of nitrogens with one attached hydrogen (secondary N) is 2.